The fraction of sp³-hybridized carbons (Fsp3) is 0.500. The van der Waals surface area contributed by atoms with Crippen molar-refractivity contribution in [3.8, 4) is 5.75 Å². The van der Waals surface area contributed by atoms with Crippen LogP contribution in [0, 0.1) is 11.7 Å². The Morgan fingerprint density at radius 3 is 2.58 bits per heavy atom. The van der Waals surface area contributed by atoms with Crippen LogP contribution in [0.4, 0.5) is 4.39 Å². The highest BCUT2D eigenvalue weighted by Crippen LogP contribution is 2.31. The molecule has 1 aromatic carbocycles. The molecule has 0 saturated carbocycles. The Kier molecular flexibility index (Phi) is 6.08. The van der Waals surface area contributed by atoms with Crippen LogP contribution < -0.4 is 4.74 Å². The summed E-state index contributed by atoms with van der Waals surface area (Å²) in [6.07, 6.45) is 1.86. The first-order valence-corrected chi connectivity index (χ1v) is 8.88. The summed E-state index contributed by atoms with van der Waals surface area (Å²) < 4.78 is 41.6. The molecule has 0 aliphatic heterocycles. The quantitative estimate of drug-likeness (QED) is 0.550. The maximum absolute atomic E-state index is 13.6. The van der Waals surface area contributed by atoms with Gasteiger partial charge in [0, 0.05) is 16.7 Å². The number of halogens is 3. The van der Waals surface area contributed by atoms with Gasteiger partial charge in [-0.25, -0.2) is 12.8 Å². The second-order valence-corrected chi connectivity index (χ2v) is 7.92. The summed E-state index contributed by atoms with van der Waals surface area (Å²) in [6, 6.07) is 2.13. The second kappa shape index (κ2) is 6.90. The van der Waals surface area contributed by atoms with Crippen LogP contribution in [0.3, 0.4) is 0 Å². The molecule has 0 spiro atoms. The third-order valence-electron chi connectivity index (χ3n) is 2.43. The van der Waals surface area contributed by atoms with Gasteiger partial charge in [0.1, 0.15) is 16.5 Å². The van der Waals surface area contributed by atoms with Crippen LogP contribution in [0.2, 0.25) is 0 Å². The Morgan fingerprint density at radius 2 is 2.05 bits per heavy atom. The molecule has 0 atom stereocenters. The minimum atomic E-state index is -4.10. The Labute approximate surface area is 125 Å². The first-order valence-electron chi connectivity index (χ1n) is 5.78. The molecule has 0 heterocycles. The molecule has 0 amide bonds. The van der Waals surface area contributed by atoms with E-state index in [-0.39, 0.29) is 5.75 Å². The summed E-state index contributed by atoms with van der Waals surface area (Å²) in [5.41, 5.74) is 0. The van der Waals surface area contributed by atoms with Crippen molar-refractivity contribution in [1.82, 2.24) is 0 Å². The summed E-state index contributed by atoms with van der Waals surface area (Å²) >= 11 is 3.14. The standard InChI is InChI=1S/C12H15BrClFO3S/c1-8(2)4-3-5-18-11-7-10(15)12(6-9(11)13)19(14,16)17/h6-8H,3-5H2,1-2H3. The molecule has 0 fully saturated rings. The van der Waals surface area contributed by atoms with Crippen molar-refractivity contribution in [1.29, 1.82) is 0 Å². The van der Waals surface area contributed by atoms with Gasteiger partial charge < -0.3 is 4.74 Å². The molecule has 0 bridgehead atoms. The van der Waals surface area contributed by atoms with Crippen LogP contribution in [0.5, 0.6) is 5.75 Å². The fourth-order valence-electron chi connectivity index (χ4n) is 1.48. The predicted octanol–water partition coefficient (Wildman–Crippen LogP) is 4.33. The van der Waals surface area contributed by atoms with E-state index in [1.807, 2.05) is 0 Å². The van der Waals surface area contributed by atoms with Crippen molar-refractivity contribution in [2.45, 2.75) is 31.6 Å². The first kappa shape index (κ1) is 16.7. The Bertz CT molecular complexity index is 546. The maximum atomic E-state index is 13.6. The second-order valence-electron chi connectivity index (χ2n) is 4.54. The molecule has 0 N–H and O–H groups in total. The third-order valence-corrected chi connectivity index (χ3v) is 4.39. The summed E-state index contributed by atoms with van der Waals surface area (Å²) in [4.78, 5) is -0.560. The topological polar surface area (TPSA) is 43.4 Å². The molecule has 0 radical (unpaired) electrons. The van der Waals surface area contributed by atoms with Crippen molar-refractivity contribution in [3.05, 3.63) is 22.4 Å². The first-order chi connectivity index (χ1) is 8.71. The molecule has 0 aromatic heterocycles. The zero-order valence-electron chi connectivity index (χ0n) is 10.6. The van der Waals surface area contributed by atoms with E-state index < -0.39 is 19.8 Å². The van der Waals surface area contributed by atoms with Crippen LogP contribution in [0.1, 0.15) is 26.7 Å². The van der Waals surface area contributed by atoms with Crippen molar-refractivity contribution in [2.24, 2.45) is 5.92 Å². The highest BCUT2D eigenvalue weighted by Gasteiger charge is 2.19. The Hall–Kier alpha value is -0.330. The molecule has 19 heavy (non-hydrogen) atoms. The van der Waals surface area contributed by atoms with Crippen molar-refractivity contribution in [2.75, 3.05) is 6.61 Å². The molecule has 1 rings (SSSR count). The van der Waals surface area contributed by atoms with E-state index in [0.717, 1.165) is 25.0 Å². The predicted molar refractivity (Wildman–Crippen MR) is 76.7 cm³/mol. The molecule has 0 unspecified atom stereocenters. The summed E-state index contributed by atoms with van der Waals surface area (Å²) in [6.45, 7) is 4.66. The van der Waals surface area contributed by atoms with Gasteiger partial charge in [-0.2, -0.15) is 0 Å². The van der Waals surface area contributed by atoms with Gasteiger partial charge in [0.15, 0.2) is 0 Å². The van der Waals surface area contributed by atoms with Gasteiger partial charge in [0.25, 0.3) is 9.05 Å². The molecule has 0 saturated heterocycles. The van der Waals surface area contributed by atoms with Crippen molar-refractivity contribution >= 4 is 35.7 Å². The molecular weight excluding hydrogens is 359 g/mol. The average molecular weight is 374 g/mol. The van der Waals surface area contributed by atoms with Gasteiger partial charge >= 0.3 is 0 Å². The SMILES string of the molecule is CC(C)CCCOc1cc(F)c(S(=O)(=O)Cl)cc1Br. The zero-order valence-corrected chi connectivity index (χ0v) is 13.8. The molecule has 3 nitrogen and oxygen atoms in total. The summed E-state index contributed by atoms with van der Waals surface area (Å²) in [7, 11) is 1.02. The minimum Gasteiger partial charge on any atom is -0.492 e. The maximum Gasteiger partial charge on any atom is 0.264 e. The lowest BCUT2D eigenvalue weighted by Gasteiger charge is -2.10. The number of rotatable bonds is 6. The Balaban J connectivity index is 2.80. The average Bonchev–Trinajstić information content (AvgIpc) is 2.26. The largest absolute Gasteiger partial charge is 0.492 e. The van der Waals surface area contributed by atoms with Gasteiger partial charge in [0.05, 0.1) is 11.1 Å². The van der Waals surface area contributed by atoms with E-state index in [1.54, 1.807) is 0 Å². The van der Waals surface area contributed by atoms with Crippen LogP contribution in [-0.2, 0) is 9.05 Å². The third kappa shape index (κ3) is 5.28. The van der Waals surface area contributed by atoms with E-state index >= 15 is 0 Å². The van der Waals surface area contributed by atoms with Crippen molar-refractivity contribution < 1.29 is 17.5 Å². The monoisotopic (exact) mass is 372 g/mol. The lowest BCUT2D eigenvalue weighted by molar-refractivity contribution is 0.294. The van der Waals surface area contributed by atoms with Gasteiger partial charge in [-0.1, -0.05) is 13.8 Å². The number of hydrogen-bond acceptors (Lipinski definition) is 3. The van der Waals surface area contributed by atoms with Crippen LogP contribution in [0.15, 0.2) is 21.5 Å². The van der Waals surface area contributed by atoms with E-state index in [9.17, 15) is 12.8 Å². The summed E-state index contributed by atoms with van der Waals surface area (Å²) in [5, 5.41) is 0. The lowest BCUT2D eigenvalue weighted by atomic mass is 10.1. The van der Waals surface area contributed by atoms with Gasteiger partial charge in [-0.15, -0.1) is 0 Å². The van der Waals surface area contributed by atoms with Crippen LogP contribution >= 0.6 is 26.6 Å². The normalized spacial score (nSPS) is 11.9. The molecule has 108 valence electrons. The smallest absolute Gasteiger partial charge is 0.264 e. The zero-order chi connectivity index (χ0) is 14.6. The van der Waals surface area contributed by atoms with Gasteiger partial charge in [0.2, 0.25) is 0 Å². The van der Waals surface area contributed by atoms with Gasteiger partial charge in [-0.05, 0) is 40.8 Å². The number of ether oxygens (including phenoxy) is 1. The van der Waals surface area contributed by atoms with E-state index in [1.165, 1.54) is 0 Å². The van der Waals surface area contributed by atoms with E-state index in [2.05, 4.69) is 29.8 Å². The minimum absolute atomic E-state index is 0.269. The highest BCUT2D eigenvalue weighted by molar-refractivity contribution is 9.10. The van der Waals surface area contributed by atoms with E-state index in [0.29, 0.717) is 17.0 Å². The lowest BCUT2D eigenvalue weighted by Crippen LogP contribution is -2.02. The Morgan fingerprint density at radius 1 is 1.42 bits per heavy atom. The molecular formula is C12H15BrClFO3S. The van der Waals surface area contributed by atoms with E-state index in [4.69, 9.17) is 15.4 Å². The fourth-order valence-corrected chi connectivity index (χ4v) is 3.00. The number of benzene rings is 1. The molecule has 0 aliphatic carbocycles. The van der Waals surface area contributed by atoms with Gasteiger partial charge in [-0.3, -0.25) is 0 Å². The molecule has 7 heteroatoms. The number of hydrogen-bond donors (Lipinski definition) is 0. The van der Waals surface area contributed by atoms with Crippen LogP contribution in [0.25, 0.3) is 0 Å². The highest BCUT2D eigenvalue weighted by atomic mass is 79.9. The van der Waals surface area contributed by atoms with Crippen LogP contribution in [-0.4, -0.2) is 15.0 Å². The summed E-state index contributed by atoms with van der Waals surface area (Å²) in [5.74, 6) is -0.0741. The molecule has 0 aliphatic rings. The molecule has 1 aromatic rings. The van der Waals surface area contributed by atoms with Crippen molar-refractivity contribution in [3.63, 3.8) is 0 Å².